The third-order valence-electron chi connectivity index (χ3n) is 4.92. The van der Waals surface area contributed by atoms with E-state index in [1.54, 1.807) is 0 Å². The van der Waals surface area contributed by atoms with E-state index in [1.807, 2.05) is 0 Å². The Hall–Kier alpha value is -0.860. The highest BCUT2D eigenvalue weighted by molar-refractivity contribution is 5.18. The highest BCUT2D eigenvalue weighted by atomic mass is 16.5. The lowest BCUT2D eigenvalue weighted by Gasteiger charge is -2.39. The molecule has 0 bridgehead atoms. The summed E-state index contributed by atoms with van der Waals surface area (Å²) in [6.45, 7) is 0.937. The summed E-state index contributed by atoms with van der Waals surface area (Å²) in [5, 5.41) is 0. The van der Waals surface area contributed by atoms with E-state index in [4.69, 9.17) is 10.5 Å². The molecular formula is C17H25NO. The van der Waals surface area contributed by atoms with Crippen molar-refractivity contribution < 1.29 is 4.74 Å². The molecule has 2 atom stereocenters. The van der Waals surface area contributed by atoms with Crippen LogP contribution in [0.4, 0.5) is 0 Å². The van der Waals surface area contributed by atoms with Crippen molar-refractivity contribution in [1.29, 1.82) is 0 Å². The summed E-state index contributed by atoms with van der Waals surface area (Å²) < 4.78 is 6.10. The van der Waals surface area contributed by atoms with Gasteiger partial charge < -0.3 is 10.5 Å². The normalized spacial score (nSPS) is 27.5. The van der Waals surface area contributed by atoms with E-state index in [9.17, 15) is 0 Å². The smallest absolute Gasteiger partial charge is 0.0685 e. The maximum absolute atomic E-state index is 6.37. The monoisotopic (exact) mass is 259 g/mol. The zero-order chi connectivity index (χ0) is 13.1. The van der Waals surface area contributed by atoms with Crippen molar-refractivity contribution in [3.05, 3.63) is 35.9 Å². The topological polar surface area (TPSA) is 35.2 Å². The molecule has 1 saturated carbocycles. The summed E-state index contributed by atoms with van der Waals surface area (Å²) >= 11 is 0. The summed E-state index contributed by atoms with van der Waals surface area (Å²) in [6.07, 6.45) is 8.74. The summed E-state index contributed by atoms with van der Waals surface area (Å²) in [7, 11) is 0. The minimum Gasteiger partial charge on any atom is -0.375 e. The van der Waals surface area contributed by atoms with Gasteiger partial charge in [0.1, 0.15) is 0 Å². The molecule has 0 amide bonds. The van der Waals surface area contributed by atoms with Crippen LogP contribution in [0.3, 0.4) is 0 Å². The minimum absolute atomic E-state index is 0.183. The van der Waals surface area contributed by atoms with Crippen molar-refractivity contribution in [1.82, 2.24) is 0 Å². The molecule has 2 unspecified atom stereocenters. The third kappa shape index (κ3) is 3.01. The average Bonchev–Trinajstić information content (AvgIpc) is 2.88. The van der Waals surface area contributed by atoms with Crippen LogP contribution in [0.1, 0.15) is 56.6 Å². The van der Waals surface area contributed by atoms with E-state index >= 15 is 0 Å². The largest absolute Gasteiger partial charge is 0.375 e. The molecule has 1 aliphatic heterocycles. The molecule has 1 aromatic rings. The summed E-state index contributed by atoms with van der Waals surface area (Å²) in [5.41, 5.74) is 7.87. The molecule has 1 saturated heterocycles. The maximum atomic E-state index is 6.37. The van der Waals surface area contributed by atoms with E-state index in [0.717, 1.165) is 18.9 Å². The molecule has 1 aromatic carbocycles. The standard InChI is InChI=1S/C17H25NO/c18-16(15-6-2-1-3-7-15)12-14-8-11-19-17(13-14)9-4-5-10-17/h1-3,6-7,14,16H,4-5,8-13,18H2. The van der Waals surface area contributed by atoms with Gasteiger partial charge in [0.25, 0.3) is 0 Å². The first-order valence-electron chi connectivity index (χ1n) is 7.72. The SMILES string of the molecule is NC(CC1CCOC2(CCCC2)C1)c1ccccc1. The summed E-state index contributed by atoms with van der Waals surface area (Å²) in [4.78, 5) is 0. The van der Waals surface area contributed by atoms with Gasteiger partial charge in [-0.05, 0) is 43.6 Å². The number of rotatable bonds is 3. The Bertz CT molecular complexity index is 397. The molecule has 0 aromatic heterocycles. The van der Waals surface area contributed by atoms with Crippen LogP contribution in [-0.2, 0) is 4.74 Å². The van der Waals surface area contributed by atoms with Crippen molar-refractivity contribution in [2.24, 2.45) is 11.7 Å². The van der Waals surface area contributed by atoms with E-state index in [1.165, 1.54) is 44.1 Å². The second-order valence-electron chi connectivity index (χ2n) is 6.35. The van der Waals surface area contributed by atoms with Gasteiger partial charge in [-0.1, -0.05) is 43.2 Å². The molecule has 3 rings (SSSR count). The molecule has 2 N–H and O–H groups in total. The van der Waals surface area contributed by atoms with Crippen LogP contribution >= 0.6 is 0 Å². The molecule has 2 aliphatic rings. The van der Waals surface area contributed by atoms with Gasteiger partial charge in [0, 0.05) is 12.6 Å². The Morgan fingerprint density at radius 2 is 1.95 bits per heavy atom. The fraction of sp³-hybridized carbons (Fsp3) is 0.647. The lowest BCUT2D eigenvalue weighted by atomic mass is 9.80. The molecule has 19 heavy (non-hydrogen) atoms. The molecule has 2 nitrogen and oxygen atoms in total. The predicted octanol–water partition coefficient (Wildman–Crippen LogP) is 3.82. The lowest BCUT2D eigenvalue weighted by molar-refractivity contribution is -0.0944. The van der Waals surface area contributed by atoms with E-state index in [-0.39, 0.29) is 11.6 Å². The molecule has 104 valence electrons. The Balaban J connectivity index is 1.60. The van der Waals surface area contributed by atoms with E-state index in [2.05, 4.69) is 30.3 Å². The van der Waals surface area contributed by atoms with Gasteiger partial charge in [-0.2, -0.15) is 0 Å². The van der Waals surface area contributed by atoms with Crippen LogP contribution < -0.4 is 5.73 Å². The van der Waals surface area contributed by atoms with Crippen LogP contribution in [0.25, 0.3) is 0 Å². The van der Waals surface area contributed by atoms with Gasteiger partial charge in [0.2, 0.25) is 0 Å². The zero-order valence-electron chi connectivity index (χ0n) is 11.7. The van der Waals surface area contributed by atoms with Crippen molar-refractivity contribution in [2.45, 2.75) is 56.6 Å². The van der Waals surface area contributed by atoms with Crippen molar-refractivity contribution in [3.8, 4) is 0 Å². The summed E-state index contributed by atoms with van der Waals surface area (Å²) in [6, 6.07) is 10.7. The average molecular weight is 259 g/mol. The van der Waals surface area contributed by atoms with E-state index < -0.39 is 0 Å². The van der Waals surface area contributed by atoms with Gasteiger partial charge in [-0.3, -0.25) is 0 Å². The maximum Gasteiger partial charge on any atom is 0.0685 e. The number of nitrogens with two attached hydrogens (primary N) is 1. The fourth-order valence-corrected chi connectivity index (χ4v) is 3.89. The molecule has 1 spiro atoms. The lowest BCUT2D eigenvalue weighted by Crippen LogP contribution is -2.38. The van der Waals surface area contributed by atoms with Gasteiger partial charge >= 0.3 is 0 Å². The molecule has 2 heteroatoms. The number of hydrogen-bond donors (Lipinski definition) is 1. The Morgan fingerprint density at radius 3 is 2.68 bits per heavy atom. The second kappa shape index (κ2) is 5.64. The zero-order valence-corrected chi connectivity index (χ0v) is 11.7. The summed E-state index contributed by atoms with van der Waals surface area (Å²) in [5.74, 6) is 0.738. The minimum atomic E-state index is 0.183. The number of ether oxygens (including phenoxy) is 1. The second-order valence-corrected chi connectivity index (χ2v) is 6.35. The Morgan fingerprint density at radius 1 is 1.21 bits per heavy atom. The van der Waals surface area contributed by atoms with Crippen LogP contribution in [0, 0.1) is 5.92 Å². The van der Waals surface area contributed by atoms with Crippen molar-refractivity contribution in [2.75, 3.05) is 6.61 Å². The van der Waals surface area contributed by atoms with Crippen LogP contribution in [0.5, 0.6) is 0 Å². The Labute approximate surface area is 116 Å². The number of benzene rings is 1. The van der Waals surface area contributed by atoms with Gasteiger partial charge in [0.05, 0.1) is 5.60 Å². The molecular weight excluding hydrogens is 234 g/mol. The predicted molar refractivity (Wildman–Crippen MR) is 77.9 cm³/mol. The molecule has 1 aliphatic carbocycles. The highest BCUT2D eigenvalue weighted by Gasteiger charge is 2.40. The molecule has 2 fully saturated rings. The van der Waals surface area contributed by atoms with Gasteiger partial charge in [-0.15, -0.1) is 0 Å². The fourth-order valence-electron chi connectivity index (χ4n) is 3.89. The first kappa shape index (κ1) is 13.1. The van der Waals surface area contributed by atoms with Crippen LogP contribution in [-0.4, -0.2) is 12.2 Å². The number of hydrogen-bond acceptors (Lipinski definition) is 2. The Kier molecular flexibility index (Phi) is 3.90. The van der Waals surface area contributed by atoms with Crippen LogP contribution in [0.15, 0.2) is 30.3 Å². The quantitative estimate of drug-likeness (QED) is 0.895. The third-order valence-corrected chi connectivity index (χ3v) is 4.92. The van der Waals surface area contributed by atoms with Crippen molar-refractivity contribution in [3.63, 3.8) is 0 Å². The molecule has 0 radical (unpaired) electrons. The molecule has 1 heterocycles. The van der Waals surface area contributed by atoms with Crippen LogP contribution in [0.2, 0.25) is 0 Å². The van der Waals surface area contributed by atoms with Gasteiger partial charge in [0.15, 0.2) is 0 Å². The van der Waals surface area contributed by atoms with E-state index in [0.29, 0.717) is 0 Å². The first-order chi connectivity index (χ1) is 9.27. The first-order valence-corrected chi connectivity index (χ1v) is 7.72. The van der Waals surface area contributed by atoms with Crippen molar-refractivity contribution >= 4 is 0 Å². The van der Waals surface area contributed by atoms with Gasteiger partial charge in [-0.25, -0.2) is 0 Å². The highest BCUT2D eigenvalue weighted by Crippen LogP contribution is 2.43.